The van der Waals surface area contributed by atoms with Gasteiger partial charge in [0.15, 0.2) is 0 Å². The number of carbonyl (C=O) groups excluding carboxylic acids is 2. The topological polar surface area (TPSA) is 86.8 Å². The lowest BCUT2D eigenvalue weighted by molar-refractivity contribution is -0.117. The molecule has 2 fully saturated rings. The Kier molecular flexibility index (Phi) is 5.62. The molecule has 2 aromatic rings. The largest absolute Gasteiger partial charge is 0.322 e. The highest BCUT2D eigenvalue weighted by Crippen LogP contribution is 2.28. The fourth-order valence-corrected chi connectivity index (χ4v) is 5.46. The van der Waals surface area contributed by atoms with Crippen molar-refractivity contribution in [1.29, 1.82) is 0 Å². The van der Waals surface area contributed by atoms with Crippen LogP contribution in [0, 0.1) is 6.92 Å². The first-order valence-corrected chi connectivity index (χ1v) is 11.6. The van der Waals surface area contributed by atoms with Crippen molar-refractivity contribution >= 4 is 33.2 Å². The summed E-state index contributed by atoms with van der Waals surface area (Å²) in [5.41, 5.74) is 2.74. The molecule has 2 saturated heterocycles. The Balaban J connectivity index is 1.50. The molecule has 1 N–H and O–H groups in total. The number of hydrogen-bond donors (Lipinski definition) is 1. The van der Waals surface area contributed by atoms with E-state index in [2.05, 4.69) is 5.32 Å². The molecule has 2 amide bonds. The molecular weight excluding hydrogens is 402 g/mol. The molecule has 0 bridgehead atoms. The van der Waals surface area contributed by atoms with Gasteiger partial charge in [-0.2, -0.15) is 4.31 Å². The summed E-state index contributed by atoms with van der Waals surface area (Å²) in [6.07, 6.45) is 3.13. The van der Waals surface area contributed by atoms with Gasteiger partial charge in [0, 0.05) is 43.0 Å². The first-order valence-electron chi connectivity index (χ1n) is 10.2. The first-order chi connectivity index (χ1) is 14.4. The Bertz CT molecular complexity index is 1070. The highest BCUT2D eigenvalue weighted by molar-refractivity contribution is 7.89. The second-order valence-corrected chi connectivity index (χ2v) is 9.68. The number of nitrogens with one attached hydrogen (secondary N) is 1. The highest BCUT2D eigenvalue weighted by atomic mass is 32.2. The minimum absolute atomic E-state index is 0.0939. The molecule has 2 heterocycles. The quantitative estimate of drug-likeness (QED) is 0.794. The summed E-state index contributed by atoms with van der Waals surface area (Å²) in [4.78, 5) is 26.7. The van der Waals surface area contributed by atoms with Crippen molar-refractivity contribution < 1.29 is 18.0 Å². The molecule has 0 aliphatic carbocycles. The number of carbonyl (C=O) groups is 2. The number of nitrogens with zero attached hydrogens (tertiary/aromatic N) is 2. The maximum absolute atomic E-state index is 12.7. The van der Waals surface area contributed by atoms with Gasteiger partial charge in [-0.25, -0.2) is 8.42 Å². The Labute approximate surface area is 176 Å². The summed E-state index contributed by atoms with van der Waals surface area (Å²) >= 11 is 0. The third-order valence-electron chi connectivity index (χ3n) is 5.65. The number of aryl methyl sites for hydroxylation is 1. The van der Waals surface area contributed by atoms with Gasteiger partial charge in [0.2, 0.25) is 15.9 Å². The predicted molar refractivity (Wildman–Crippen MR) is 115 cm³/mol. The van der Waals surface area contributed by atoms with Crippen molar-refractivity contribution in [1.82, 2.24) is 4.31 Å². The zero-order valence-corrected chi connectivity index (χ0v) is 17.7. The zero-order valence-electron chi connectivity index (χ0n) is 16.9. The minimum Gasteiger partial charge on any atom is -0.322 e. The smallest absolute Gasteiger partial charge is 0.255 e. The van der Waals surface area contributed by atoms with Crippen LogP contribution in [0.1, 0.15) is 41.6 Å². The van der Waals surface area contributed by atoms with Gasteiger partial charge in [0.1, 0.15) is 0 Å². The maximum Gasteiger partial charge on any atom is 0.255 e. The number of benzene rings is 2. The van der Waals surface area contributed by atoms with Gasteiger partial charge in [-0.05, 0) is 68.1 Å². The summed E-state index contributed by atoms with van der Waals surface area (Å²) in [5.74, 6) is -0.237. The first kappa shape index (κ1) is 20.6. The Morgan fingerprint density at radius 1 is 0.967 bits per heavy atom. The molecule has 0 atom stereocenters. The van der Waals surface area contributed by atoms with Crippen molar-refractivity contribution in [2.45, 2.75) is 37.5 Å². The van der Waals surface area contributed by atoms with Gasteiger partial charge in [-0.3, -0.25) is 9.59 Å². The van der Waals surface area contributed by atoms with Crippen LogP contribution in [-0.2, 0) is 14.8 Å². The van der Waals surface area contributed by atoms with E-state index >= 15 is 0 Å². The van der Waals surface area contributed by atoms with Crippen LogP contribution in [0.5, 0.6) is 0 Å². The third kappa shape index (κ3) is 3.97. The van der Waals surface area contributed by atoms with E-state index in [4.69, 9.17) is 0 Å². The number of amides is 2. The minimum atomic E-state index is -3.50. The van der Waals surface area contributed by atoms with Crippen LogP contribution in [0.15, 0.2) is 47.4 Å². The van der Waals surface area contributed by atoms with Crippen LogP contribution < -0.4 is 10.2 Å². The average Bonchev–Trinajstić information content (AvgIpc) is 3.42. The van der Waals surface area contributed by atoms with Crippen LogP contribution >= 0.6 is 0 Å². The van der Waals surface area contributed by atoms with E-state index in [1.807, 2.05) is 19.1 Å². The number of anilines is 2. The number of sulfonamides is 1. The van der Waals surface area contributed by atoms with Gasteiger partial charge < -0.3 is 10.2 Å². The summed E-state index contributed by atoms with van der Waals surface area (Å²) in [5, 5.41) is 2.84. The van der Waals surface area contributed by atoms with E-state index < -0.39 is 10.0 Å². The molecule has 4 rings (SSSR count). The van der Waals surface area contributed by atoms with Gasteiger partial charge in [0.05, 0.1) is 4.90 Å². The van der Waals surface area contributed by atoms with Crippen molar-refractivity contribution in [3.8, 4) is 0 Å². The van der Waals surface area contributed by atoms with Crippen molar-refractivity contribution in [3.05, 3.63) is 53.6 Å². The molecule has 8 heteroatoms. The Morgan fingerprint density at radius 2 is 1.67 bits per heavy atom. The summed E-state index contributed by atoms with van der Waals surface area (Å²) in [6.45, 7) is 3.70. The van der Waals surface area contributed by atoms with E-state index in [0.717, 1.165) is 30.5 Å². The molecule has 0 unspecified atom stereocenters. The number of rotatable bonds is 5. The summed E-state index contributed by atoms with van der Waals surface area (Å²) in [7, 11) is -3.50. The third-order valence-corrected chi connectivity index (χ3v) is 7.56. The monoisotopic (exact) mass is 427 g/mol. The fraction of sp³-hybridized carbons (Fsp3) is 0.364. The maximum atomic E-state index is 12.7. The SMILES string of the molecule is Cc1ccc(NC(=O)c2ccc(S(=O)(=O)N3CCCC3)cc2)cc1N1CCCC1=O. The molecule has 7 nitrogen and oxygen atoms in total. The van der Waals surface area contributed by atoms with E-state index in [1.54, 1.807) is 11.0 Å². The second-order valence-electron chi connectivity index (χ2n) is 7.74. The lowest BCUT2D eigenvalue weighted by Gasteiger charge is -2.19. The lowest BCUT2D eigenvalue weighted by Crippen LogP contribution is -2.27. The molecule has 0 saturated carbocycles. The van der Waals surface area contributed by atoms with Gasteiger partial charge >= 0.3 is 0 Å². The molecule has 0 radical (unpaired) electrons. The predicted octanol–water partition coefficient (Wildman–Crippen LogP) is 3.16. The number of hydrogen-bond acceptors (Lipinski definition) is 4. The Hall–Kier alpha value is -2.71. The molecule has 2 aliphatic heterocycles. The molecule has 0 spiro atoms. The van der Waals surface area contributed by atoms with Crippen LogP contribution in [0.4, 0.5) is 11.4 Å². The standard InChI is InChI=1S/C22H25N3O4S/c1-16-6-9-18(15-20(16)25-14-4-5-21(25)26)23-22(27)17-7-10-19(11-8-17)30(28,29)24-12-2-3-13-24/h6-11,15H,2-5,12-14H2,1H3,(H,23,27). The normalized spacial score (nSPS) is 17.5. The molecule has 30 heavy (non-hydrogen) atoms. The van der Waals surface area contributed by atoms with E-state index in [1.165, 1.54) is 28.6 Å². The van der Waals surface area contributed by atoms with E-state index in [0.29, 0.717) is 37.3 Å². The fourth-order valence-electron chi connectivity index (χ4n) is 3.94. The molecule has 2 aliphatic rings. The van der Waals surface area contributed by atoms with Crippen molar-refractivity contribution in [3.63, 3.8) is 0 Å². The highest BCUT2D eigenvalue weighted by Gasteiger charge is 2.27. The van der Waals surface area contributed by atoms with E-state index in [-0.39, 0.29) is 16.7 Å². The Morgan fingerprint density at radius 3 is 2.30 bits per heavy atom. The van der Waals surface area contributed by atoms with Crippen molar-refractivity contribution in [2.75, 3.05) is 29.9 Å². The second kappa shape index (κ2) is 8.20. The van der Waals surface area contributed by atoms with Crippen LogP contribution in [0.2, 0.25) is 0 Å². The molecular formula is C22H25N3O4S. The van der Waals surface area contributed by atoms with Crippen LogP contribution in [0.3, 0.4) is 0 Å². The lowest BCUT2D eigenvalue weighted by atomic mass is 10.1. The molecule has 158 valence electrons. The van der Waals surface area contributed by atoms with E-state index in [9.17, 15) is 18.0 Å². The zero-order chi connectivity index (χ0) is 21.3. The molecule has 2 aromatic carbocycles. The van der Waals surface area contributed by atoms with Gasteiger partial charge in [-0.1, -0.05) is 6.07 Å². The summed E-state index contributed by atoms with van der Waals surface area (Å²) < 4.78 is 26.7. The average molecular weight is 428 g/mol. The van der Waals surface area contributed by atoms with Gasteiger partial charge in [0.25, 0.3) is 5.91 Å². The van der Waals surface area contributed by atoms with Gasteiger partial charge in [-0.15, -0.1) is 0 Å². The van der Waals surface area contributed by atoms with Crippen molar-refractivity contribution in [2.24, 2.45) is 0 Å². The van der Waals surface area contributed by atoms with Crippen LogP contribution in [0.25, 0.3) is 0 Å². The molecule has 0 aromatic heterocycles. The summed E-state index contributed by atoms with van der Waals surface area (Å²) in [6, 6.07) is 11.5. The van der Waals surface area contributed by atoms with Crippen LogP contribution in [-0.4, -0.2) is 44.2 Å².